The Hall–Kier alpha value is -1.95. The van der Waals surface area contributed by atoms with Crippen LogP contribution in [-0.2, 0) is 5.54 Å². The molecule has 2 N–H and O–H groups in total. The molecule has 0 aliphatic heterocycles. The lowest BCUT2D eigenvalue weighted by atomic mass is 10.1. The van der Waals surface area contributed by atoms with Gasteiger partial charge in [0.1, 0.15) is 5.01 Å². The standard InChI is InChI=1S/C17H21N3O2S/c1-9-10(2)23-16(18-9)17(3,4)20-15(22)12-7-13(11-5-6-11)19-14(21)8-12/h7-8,11H,5-6H2,1-4H3,(H,19,21)(H,20,22). The van der Waals surface area contributed by atoms with E-state index in [1.807, 2.05) is 27.7 Å². The van der Waals surface area contributed by atoms with Crippen LogP contribution in [0.4, 0.5) is 0 Å². The fourth-order valence-electron chi connectivity index (χ4n) is 2.46. The van der Waals surface area contributed by atoms with E-state index in [0.29, 0.717) is 11.5 Å². The molecule has 0 bridgehead atoms. The van der Waals surface area contributed by atoms with Crippen molar-refractivity contribution in [2.45, 2.75) is 52.0 Å². The van der Waals surface area contributed by atoms with Crippen LogP contribution in [0.25, 0.3) is 0 Å². The summed E-state index contributed by atoms with van der Waals surface area (Å²) >= 11 is 1.59. The van der Waals surface area contributed by atoms with Crippen molar-refractivity contribution >= 4 is 17.2 Å². The van der Waals surface area contributed by atoms with Crippen molar-refractivity contribution in [1.29, 1.82) is 0 Å². The van der Waals surface area contributed by atoms with Gasteiger partial charge in [-0.15, -0.1) is 11.3 Å². The number of carbonyl (C=O) groups is 1. The molecule has 122 valence electrons. The minimum atomic E-state index is -0.580. The van der Waals surface area contributed by atoms with Gasteiger partial charge in [-0.2, -0.15) is 0 Å². The van der Waals surface area contributed by atoms with Crippen molar-refractivity contribution in [3.8, 4) is 0 Å². The Balaban J connectivity index is 1.84. The van der Waals surface area contributed by atoms with Gasteiger partial charge >= 0.3 is 0 Å². The van der Waals surface area contributed by atoms with Crippen LogP contribution in [0, 0.1) is 13.8 Å². The summed E-state index contributed by atoms with van der Waals surface area (Å²) in [4.78, 5) is 32.9. The molecule has 1 fully saturated rings. The van der Waals surface area contributed by atoms with Crippen LogP contribution in [0.3, 0.4) is 0 Å². The molecule has 2 aromatic heterocycles. The Labute approximate surface area is 139 Å². The van der Waals surface area contributed by atoms with Gasteiger partial charge < -0.3 is 10.3 Å². The van der Waals surface area contributed by atoms with Crippen molar-refractivity contribution in [3.05, 3.63) is 49.3 Å². The van der Waals surface area contributed by atoms with E-state index in [2.05, 4.69) is 15.3 Å². The quantitative estimate of drug-likeness (QED) is 0.904. The third-order valence-electron chi connectivity index (χ3n) is 4.13. The minimum Gasteiger partial charge on any atom is -0.341 e. The van der Waals surface area contributed by atoms with E-state index in [4.69, 9.17) is 0 Å². The van der Waals surface area contributed by atoms with Crippen LogP contribution >= 0.6 is 11.3 Å². The molecule has 2 heterocycles. The molecule has 0 spiro atoms. The molecule has 5 nitrogen and oxygen atoms in total. The fraction of sp³-hybridized carbons (Fsp3) is 0.471. The maximum atomic E-state index is 12.6. The van der Waals surface area contributed by atoms with Gasteiger partial charge in [-0.05, 0) is 52.5 Å². The number of pyridine rings is 1. The van der Waals surface area contributed by atoms with E-state index in [1.165, 1.54) is 6.07 Å². The van der Waals surface area contributed by atoms with Crippen LogP contribution in [0.1, 0.15) is 64.2 Å². The number of hydrogen-bond acceptors (Lipinski definition) is 4. The highest BCUT2D eigenvalue weighted by Crippen LogP contribution is 2.38. The van der Waals surface area contributed by atoms with Crippen molar-refractivity contribution in [3.63, 3.8) is 0 Å². The molecule has 1 aliphatic rings. The smallest absolute Gasteiger partial charge is 0.252 e. The van der Waals surface area contributed by atoms with Crippen LogP contribution in [0.15, 0.2) is 16.9 Å². The van der Waals surface area contributed by atoms with Gasteiger partial charge in [-0.1, -0.05) is 0 Å². The molecule has 0 radical (unpaired) electrons. The molecule has 2 aromatic rings. The van der Waals surface area contributed by atoms with E-state index in [-0.39, 0.29) is 11.5 Å². The number of aromatic nitrogens is 2. The molecule has 23 heavy (non-hydrogen) atoms. The maximum Gasteiger partial charge on any atom is 0.252 e. The summed E-state index contributed by atoms with van der Waals surface area (Å²) in [6, 6.07) is 3.15. The first kappa shape index (κ1) is 15.9. The molecule has 0 atom stereocenters. The predicted molar refractivity (Wildman–Crippen MR) is 91.1 cm³/mol. The lowest BCUT2D eigenvalue weighted by Gasteiger charge is -2.24. The molecule has 0 saturated heterocycles. The fourth-order valence-corrected chi connectivity index (χ4v) is 3.43. The minimum absolute atomic E-state index is 0.224. The highest BCUT2D eigenvalue weighted by atomic mass is 32.1. The zero-order valence-corrected chi connectivity index (χ0v) is 14.6. The molecule has 0 unspecified atom stereocenters. The first-order valence-corrected chi connectivity index (χ1v) is 8.59. The third kappa shape index (κ3) is 3.37. The second kappa shape index (κ2) is 5.60. The molecule has 6 heteroatoms. The number of H-pyrrole nitrogens is 1. The Bertz CT molecular complexity index is 796. The number of amides is 1. The number of aryl methyl sites for hydroxylation is 2. The topological polar surface area (TPSA) is 74.8 Å². The lowest BCUT2D eigenvalue weighted by molar-refractivity contribution is 0.0911. The summed E-state index contributed by atoms with van der Waals surface area (Å²) in [7, 11) is 0. The SMILES string of the molecule is Cc1nc(C(C)(C)NC(=O)c2cc(C3CC3)[nH]c(=O)c2)sc1C. The number of hydrogen-bond donors (Lipinski definition) is 2. The van der Waals surface area contributed by atoms with Crippen LogP contribution in [-0.4, -0.2) is 15.9 Å². The first-order chi connectivity index (χ1) is 10.8. The summed E-state index contributed by atoms with van der Waals surface area (Å²) in [6.45, 7) is 7.84. The van der Waals surface area contributed by atoms with Crippen molar-refractivity contribution < 1.29 is 4.79 Å². The second-order valence-electron chi connectivity index (χ2n) is 6.70. The van der Waals surface area contributed by atoms with Gasteiger partial charge in [0.25, 0.3) is 5.91 Å². The van der Waals surface area contributed by atoms with Gasteiger partial charge in [0.05, 0.1) is 11.2 Å². The van der Waals surface area contributed by atoms with E-state index in [9.17, 15) is 9.59 Å². The van der Waals surface area contributed by atoms with E-state index >= 15 is 0 Å². The van der Waals surface area contributed by atoms with Crippen molar-refractivity contribution in [1.82, 2.24) is 15.3 Å². The van der Waals surface area contributed by atoms with Gasteiger partial charge in [-0.25, -0.2) is 4.98 Å². The zero-order valence-electron chi connectivity index (χ0n) is 13.8. The maximum absolute atomic E-state index is 12.6. The molecular weight excluding hydrogens is 310 g/mol. The van der Waals surface area contributed by atoms with Gasteiger partial charge in [0, 0.05) is 22.2 Å². The van der Waals surface area contributed by atoms with Crippen molar-refractivity contribution in [2.24, 2.45) is 0 Å². The number of aromatic amines is 1. The van der Waals surface area contributed by atoms with Gasteiger partial charge in [0.15, 0.2) is 0 Å². The molecular formula is C17H21N3O2S. The Kier molecular flexibility index (Phi) is 3.88. The molecule has 1 aliphatic carbocycles. The number of nitrogens with one attached hydrogen (secondary N) is 2. The largest absolute Gasteiger partial charge is 0.341 e. The normalized spacial score (nSPS) is 14.8. The lowest BCUT2D eigenvalue weighted by Crippen LogP contribution is -2.41. The number of nitrogens with zero attached hydrogens (tertiary/aromatic N) is 1. The Morgan fingerprint density at radius 2 is 2.04 bits per heavy atom. The Morgan fingerprint density at radius 1 is 1.35 bits per heavy atom. The van der Waals surface area contributed by atoms with Gasteiger partial charge in [-0.3, -0.25) is 9.59 Å². The van der Waals surface area contributed by atoms with E-state index in [1.54, 1.807) is 17.4 Å². The van der Waals surface area contributed by atoms with Crippen LogP contribution in [0.5, 0.6) is 0 Å². The summed E-state index contributed by atoms with van der Waals surface area (Å²) in [6.07, 6.45) is 2.15. The zero-order chi connectivity index (χ0) is 16.8. The molecule has 1 saturated carbocycles. The second-order valence-corrected chi connectivity index (χ2v) is 7.91. The third-order valence-corrected chi connectivity index (χ3v) is 5.53. The van der Waals surface area contributed by atoms with Crippen LogP contribution < -0.4 is 10.9 Å². The van der Waals surface area contributed by atoms with E-state index in [0.717, 1.165) is 34.1 Å². The summed E-state index contributed by atoms with van der Waals surface area (Å²) < 4.78 is 0. The van der Waals surface area contributed by atoms with Crippen LogP contribution in [0.2, 0.25) is 0 Å². The molecule has 0 aromatic carbocycles. The summed E-state index contributed by atoms with van der Waals surface area (Å²) in [5, 5.41) is 3.87. The first-order valence-electron chi connectivity index (χ1n) is 7.77. The Morgan fingerprint density at radius 3 is 2.61 bits per heavy atom. The average Bonchev–Trinajstić information content (AvgIpc) is 3.24. The van der Waals surface area contributed by atoms with E-state index < -0.39 is 5.54 Å². The monoisotopic (exact) mass is 331 g/mol. The summed E-state index contributed by atoms with van der Waals surface area (Å²) in [5.41, 5.74) is 1.45. The number of thiazole rings is 1. The highest BCUT2D eigenvalue weighted by Gasteiger charge is 2.29. The molecule has 3 rings (SSSR count). The van der Waals surface area contributed by atoms with Crippen molar-refractivity contribution in [2.75, 3.05) is 0 Å². The highest BCUT2D eigenvalue weighted by molar-refractivity contribution is 7.11. The predicted octanol–water partition coefficient (Wildman–Crippen LogP) is 2.99. The van der Waals surface area contributed by atoms with Gasteiger partial charge in [0.2, 0.25) is 5.56 Å². The number of carbonyl (C=O) groups excluding carboxylic acids is 1. The molecule has 1 amide bonds. The average molecular weight is 331 g/mol. The number of rotatable bonds is 4. The summed E-state index contributed by atoms with van der Waals surface area (Å²) in [5.74, 6) is 0.154.